The molecule has 0 radical (unpaired) electrons. The number of hydrogen-bond acceptors (Lipinski definition) is 5. The van der Waals surface area contributed by atoms with Crippen LogP contribution in [0.3, 0.4) is 0 Å². The molecular formula is C25H26N4O. The van der Waals surface area contributed by atoms with Crippen molar-refractivity contribution in [3.63, 3.8) is 0 Å². The van der Waals surface area contributed by atoms with Crippen molar-refractivity contribution in [3.8, 4) is 17.9 Å². The van der Waals surface area contributed by atoms with Gasteiger partial charge >= 0.3 is 0 Å². The predicted molar refractivity (Wildman–Crippen MR) is 119 cm³/mol. The molecule has 0 amide bonds. The summed E-state index contributed by atoms with van der Waals surface area (Å²) in [6.45, 7) is 6.32. The molecule has 5 nitrogen and oxygen atoms in total. The third-order valence-corrected chi connectivity index (χ3v) is 5.74. The van der Waals surface area contributed by atoms with Crippen molar-refractivity contribution < 1.29 is 4.42 Å². The van der Waals surface area contributed by atoms with Crippen LogP contribution < -0.4 is 5.32 Å². The van der Waals surface area contributed by atoms with Crippen LogP contribution >= 0.6 is 0 Å². The Bertz CT molecular complexity index is 1140. The monoisotopic (exact) mass is 398 g/mol. The summed E-state index contributed by atoms with van der Waals surface area (Å²) in [4.78, 5) is 6.83. The largest absolute Gasteiger partial charge is 0.443 e. The maximum absolute atomic E-state index is 9.57. The van der Waals surface area contributed by atoms with Crippen molar-refractivity contribution in [2.24, 2.45) is 0 Å². The van der Waals surface area contributed by atoms with Gasteiger partial charge in [0.05, 0.1) is 17.2 Å². The molecule has 0 spiro atoms. The van der Waals surface area contributed by atoms with Gasteiger partial charge in [-0.1, -0.05) is 42.2 Å². The van der Waals surface area contributed by atoms with Gasteiger partial charge in [0.2, 0.25) is 5.76 Å². The molecule has 1 aliphatic rings. The highest BCUT2D eigenvalue weighted by molar-refractivity contribution is 5.88. The Morgan fingerprint density at radius 1 is 1.20 bits per heavy atom. The number of hydrogen-bond donors (Lipinski definition) is 1. The fraction of sp³-hybridized carbons (Fsp3) is 0.360. The molecule has 5 heteroatoms. The number of furan rings is 1. The van der Waals surface area contributed by atoms with E-state index < -0.39 is 0 Å². The van der Waals surface area contributed by atoms with Crippen molar-refractivity contribution in [1.82, 2.24) is 9.88 Å². The van der Waals surface area contributed by atoms with E-state index in [1.807, 2.05) is 24.3 Å². The zero-order valence-electron chi connectivity index (χ0n) is 17.7. The lowest BCUT2D eigenvalue weighted by Gasteiger charge is -2.29. The summed E-state index contributed by atoms with van der Waals surface area (Å²) in [7, 11) is 2.15. The zero-order valence-corrected chi connectivity index (χ0v) is 17.7. The first-order chi connectivity index (χ1) is 14.5. The number of fused-ring (bicyclic) bond motifs is 1. The highest BCUT2D eigenvalue weighted by Gasteiger charge is 2.20. The normalized spacial score (nSPS) is 15.4. The fourth-order valence-corrected chi connectivity index (χ4v) is 3.79. The molecule has 1 N–H and O–H groups in total. The van der Waals surface area contributed by atoms with Crippen LogP contribution in [0, 0.1) is 23.2 Å². The van der Waals surface area contributed by atoms with Gasteiger partial charge < -0.3 is 14.6 Å². The minimum absolute atomic E-state index is 0.236. The molecule has 4 rings (SSSR count). The summed E-state index contributed by atoms with van der Waals surface area (Å²) >= 11 is 0. The van der Waals surface area contributed by atoms with Gasteiger partial charge in [-0.05, 0) is 58.5 Å². The molecule has 0 saturated carbocycles. The Morgan fingerprint density at radius 3 is 2.63 bits per heavy atom. The van der Waals surface area contributed by atoms with Crippen molar-refractivity contribution in [2.75, 3.05) is 25.5 Å². The maximum Gasteiger partial charge on any atom is 0.220 e. The Balaban J connectivity index is 1.67. The highest BCUT2D eigenvalue weighted by Crippen LogP contribution is 2.28. The summed E-state index contributed by atoms with van der Waals surface area (Å²) in [5, 5.41) is 13.9. The molecule has 0 aliphatic carbocycles. The molecule has 1 fully saturated rings. The highest BCUT2D eigenvalue weighted by atomic mass is 16.3. The van der Waals surface area contributed by atoms with E-state index in [1.165, 1.54) is 0 Å². The molecule has 1 saturated heterocycles. The Morgan fingerprint density at radius 2 is 1.93 bits per heavy atom. The van der Waals surface area contributed by atoms with E-state index in [-0.39, 0.29) is 11.2 Å². The second kappa shape index (κ2) is 8.22. The van der Waals surface area contributed by atoms with E-state index in [2.05, 4.69) is 66.1 Å². The Hall–Kier alpha value is -3.28. The summed E-state index contributed by atoms with van der Waals surface area (Å²) < 4.78 is 5.72. The van der Waals surface area contributed by atoms with Gasteiger partial charge in [0.1, 0.15) is 11.9 Å². The van der Waals surface area contributed by atoms with Crippen LogP contribution in [-0.2, 0) is 5.41 Å². The van der Waals surface area contributed by atoms with Crippen molar-refractivity contribution in [3.05, 3.63) is 59.5 Å². The van der Waals surface area contributed by atoms with Crippen LogP contribution in [-0.4, -0.2) is 36.1 Å². The average molecular weight is 399 g/mol. The predicted octanol–water partition coefficient (Wildman–Crippen LogP) is 4.53. The first-order valence-corrected chi connectivity index (χ1v) is 10.3. The Labute approximate surface area is 177 Å². The molecule has 1 aromatic carbocycles. The van der Waals surface area contributed by atoms with Crippen LogP contribution in [0.5, 0.6) is 0 Å². The first kappa shape index (κ1) is 20.0. The van der Waals surface area contributed by atoms with Gasteiger partial charge in [0, 0.05) is 11.4 Å². The van der Waals surface area contributed by atoms with Gasteiger partial charge in [-0.25, -0.2) is 4.98 Å². The second-order valence-corrected chi connectivity index (χ2v) is 8.45. The minimum Gasteiger partial charge on any atom is -0.443 e. The third kappa shape index (κ3) is 4.17. The lowest BCUT2D eigenvalue weighted by atomic mass is 9.85. The van der Waals surface area contributed by atoms with Crippen molar-refractivity contribution in [1.29, 1.82) is 5.26 Å². The SMILES string of the molecule is CN1CCC(Nc2cc3c(C#CC(C)(C)c4ccccc4)c(C#N)oc3cn2)CC1. The van der Waals surface area contributed by atoms with Crippen LogP contribution in [0.25, 0.3) is 11.0 Å². The number of benzene rings is 1. The quantitative estimate of drug-likeness (QED) is 0.657. The molecule has 1 aliphatic heterocycles. The number of anilines is 1. The van der Waals surface area contributed by atoms with Crippen LogP contribution in [0.15, 0.2) is 47.0 Å². The molecule has 30 heavy (non-hydrogen) atoms. The van der Waals surface area contributed by atoms with Gasteiger partial charge in [0.15, 0.2) is 5.58 Å². The van der Waals surface area contributed by atoms with Gasteiger partial charge in [-0.2, -0.15) is 5.26 Å². The topological polar surface area (TPSA) is 65.1 Å². The summed E-state index contributed by atoms with van der Waals surface area (Å²) in [5.74, 6) is 7.61. The van der Waals surface area contributed by atoms with E-state index in [0.29, 0.717) is 17.2 Å². The summed E-state index contributed by atoms with van der Waals surface area (Å²) in [5.41, 5.74) is 2.00. The molecule has 3 heterocycles. The Kier molecular flexibility index (Phi) is 5.48. The van der Waals surface area contributed by atoms with E-state index in [4.69, 9.17) is 4.42 Å². The molecule has 0 unspecified atom stereocenters. The lowest BCUT2D eigenvalue weighted by Crippen LogP contribution is -2.36. The van der Waals surface area contributed by atoms with Gasteiger partial charge in [-0.15, -0.1) is 0 Å². The minimum atomic E-state index is -0.347. The molecule has 152 valence electrons. The zero-order chi connectivity index (χ0) is 21.1. The van der Waals surface area contributed by atoms with Crippen LogP contribution in [0.2, 0.25) is 0 Å². The van der Waals surface area contributed by atoms with E-state index >= 15 is 0 Å². The average Bonchev–Trinajstić information content (AvgIpc) is 3.11. The standard InChI is InChI=1S/C25H26N4O/c1-25(2,18-7-5-4-6-8-18)12-9-20-21-15-24(27-17-23(21)30-22(20)16-26)28-19-10-13-29(3)14-11-19/h4-8,15,17,19H,10-11,13-14H2,1-3H3,(H,27,28). The number of nitrogens with zero attached hydrogens (tertiary/aromatic N) is 3. The first-order valence-electron chi connectivity index (χ1n) is 10.3. The summed E-state index contributed by atoms with van der Waals surface area (Å²) in [6.07, 6.45) is 3.85. The molecular weight excluding hydrogens is 372 g/mol. The maximum atomic E-state index is 9.57. The molecule has 0 bridgehead atoms. The van der Waals surface area contributed by atoms with Crippen molar-refractivity contribution >= 4 is 16.8 Å². The number of likely N-dealkylation sites (tertiary alicyclic amines) is 1. The van der Waals surface area contributed by atoms with E-state index in [9.17, 15) is 5.26 Å². The molecule has 0 atom stereocenters. The summed E-state index contributed by atoms with van der Waals surface area (Å²) in [6, 6.07) is 14.7. The van der Waals surface area contributed by atoms with Gasteiger partial charge in [-0.3, -0.25) is 0 Å². The number of rotatable bonds is 3. The van der Waals surface area contributed by atoms with Crippen LogP contribution in [0.1, 0.15) is 43.6 Å². The molecule has 3 aromatic rings. The third-order valence-electron chi connectivity index (χ3n) is 5.74. The van der Waals surface area contributed by atoms with Crippen molar-refractivity contribution in [2.45, 2.75) is 38.1 Å². The lowest BCUT2D eigenvalue weighted by molar-refractivity contribution is 0.263. The van der Waals surface area contributed by atoms with E-state index in [0.717, 1.165) is 42.7 Å². The molecule has 2 aromatic heterocycles. The van der Waals surface area contributed by atoms with E-state index in [1.54, 1.807) is 6.20 Å². The second-order valence-electron chi connectivity index (χ2n) is 8.45. The smallest absolute Gasteiger partial charge is 0.220 e. The number of aromatic nitrogens is 1. The fourth-order valence-electron chi connectivity index (χ4n) is 3.79. The number of pyridine rings is 1. The van der Waals surface area contributed by atoms with Gasteiger partial charge in [0.25, 0.3) is 0 Å². The van der Waals surface area contributed by atoms with Crippen LogP contribution in [0.4, 0.5) is 5.82 Å². The number of piperidine rings is 1. The number of nitrogens with one attached hydrogen (secondary N) is 1. The number of nitriles is 1.